The smallest absolute Gasteiger partial charge is 0.303 e. The Balaban J connectivity index is 2.55. The maximum atomic E-state index is 11.0. The van der Waals surface area contributed by atoms with Crippen molar-refractivity contribution in [2.24, 2.45) is 0 Å². The second kappa shape index (κ2) is 14.9. The Morgan fingerprint density at radius 2 is 1.64 bits per heavy atom. The average molecular weight is 395 g/mol. The summed E-state index contributed by atoms with van der Waals surface area (Å²) in [4.78, 5) is 21.8. The number of esters is 1. The highest BCUT2D eigenvalue weighted by Gasteiger charge is 2.11. The Morgan fingerprint density at radius 1 is 0.929 bits per heavy atom. The number of carbonyl (C=O) groups is 2. The van der Waals surface area contributed by atoms with Gasteiger partial charge in [0.2, 0.25) is 0 Å². The summed E-state index contributed by atoms with van der Waals surface area (Å²) in [6.45, 7) is 2.63. The van der Waals surface area contributed by atoms with Gasteiger partial charge in [0, 0.05) is 20.0 Å². The summed E-state index contributed by atoms with van der Waals surface area (Å²) in [7, 11) is 0. The standard InChI is InChI=1S/C22H34O6/c1-18(24)27-16-7-4-8-17-28-21-12-9-11-19(10-5-2-3-6-15-23)20(21)13-14-22(25)26/h9,11-12,23H,2-8,10,13-17H2,1H3,(H,25,26). The summed E-state index contributed by atoms with van der Waals surface area (Å²) >= 11 is 0. The van der Waals surface area contributed by atoms with E-state index in [1.54, 1.807) is 0 Å². The molecule has 1 aromatic rings. The molecule has 0 aliphatic heterocycles. The molecule has 0 bridgehead atoms. The van der Waals surface area contributed by atoms with Crippen molar-refractivity contribution < 1.29 is 29.3 Å². The van der Waals surface area contributed by atoms with Crippen molar-refractivity contribution in [1.29, 1.82) is 0 Å². The lowest BCUT2D eigenvalue weighted by Gasteiger charge is -2.15. The summed E-state index contributed by atoms with van der Waals surface area (Å²) in [6, 6.07) is 5.92. The molecular weight excluding hydrogens is 360 g/mol. The van der Waals surface area contributed by atoms with Crippen LogP contribution in [-0.4, -0.2) is 42.0 Å². The summed E-state index contributed by atoms with van der Waals surface area (Å²) in [5.74, 6) is -0.296. The molecule has 0 fully saturated rings. The van der Waals surface area contributed by atoms with Crippen molar-refractivity contribution in [3.05, 3.63) is 29.3 Å². The van der Waals surface area contributed by atoms with Gasteiger partial charge in [0.05, 0.1) is 13.2 Å². The number of carbonyl (C=O) groups excluding carboxylic acids is 1. The van der Waals surface area contributed by atoms with E-state index in [9.17, 15) is 9.59 Å². The molecule has 0 aliphatic carbocycles. The Hall–Kier alpha value is -2.08. The molecule has 0 aromatic heterocycles. The number of ether oxygens (including phenoxy) is 2. The molecule has 6 heteroatoms. The number of carboxylic acids is 1. The molecular formula is C22H34O6. The number of aliphatic hydroxyl groups excluding tert-OH is 1. The second-order valence-corrected chi connectivity index (χ2v) is 6.92. The third kappa shape index (κ3) is 10.9. The summed E-state index contributed by atoms with van der Waals surface area (Å²) < 4.78 is 10.9. The number of carboxylic acid groups (broad SMARTS) is 1. The first-order chi connectivity index (χ1) is 13.5. The van der Waals surface area contributed by atoms with Crippen molar-refractivity contribution in [2.45, 2.75) is 71.1 Å². The van der Waals surface area contributed by atoms with Gasteiger partial charge in [-0.3, -0.25) is 9.59 Å². The molecule has 0 amide bonds. The highest BCUT2D eigenvalue weighted by Crippen LogP contribution is 2.26. The first-order valence-electron chi connectivity index (χ1n) is 10.2. The molecule has 0 atom stereocenters. The van der Waals surface area contributed by atoms with Crippen LogP contribution in [0, 0.1) is 0 Å². The van der Waals surface area contributed by atoms with Gasteiger partial charge in [-0.05, 0) is 62.1 Å². The van der Waals surface area contributed by atoms with Crippen LogP contribution in [0.15, 0.2) is 18.2 Å². The van der Waals surface area contributed by atoms with Gasteiger partial charge in [0.15, 0.2) is 0 Å². The number of aliphatic carboxylic acids is 1. The number of rotatable bonds is 16. The SMILES string of the molecule is CC(=O)OCCCCCOc1cccc(CCCCCCO)c1CCC(=O)O. The number of benzene rings is 1. The van der Waals surface area contributed by atoms with E-state index < -0.39 is 5.97 Å². The molecule has 6 nitrogen and oxygen atoms in total. The number of hydrogen-bond donors (Lipinski definition) is 2. The molecule has 0 unspecified atom stereocenters. The van der Waals surface area contributed by atoms with Crippen molar-refractivity contribution >= 4 is 11.9 Å². The fourth-order valence-electron chi connectivity index (χ4n) is 3.06. The van der Waals surface area contributed by atoms with Crippen LogP contribution >= 0.6 is 0 Å². The predicted octanol–water partition coefficient (Wildman–Crippen LogP) is 3.91. The van der Waals surface area contributed by atoms with Crippen LogP contribution < -0.4 is 4.74 Å². The highest BCUT2D eigenvalue weighted by atomic mass is 16.5. The maximum absolute atomic E-state index is 11.0. The zero-order valence-electron chi connectivity index (χ0n) is 17.0. The van der Waals surface area contributed by atoms with E-state index in [-0.39, 0.29) is 19.0 Å². The van der Waals surface area contributed by atoms with Crippen LogP contribution in [0.3, 0.4) is 0 Å². The zero-order valence-corrected chi connectivity index (χ0v) is 17.0. The third-order valence-corrected chi connectivity index (χ3v) is 4.52. The molecule has 0 saturated heterocycles. The quantitative estimate of drug-likeness (QED) is 0.326. The molecule has 28 heavy (non-hydrogen) atoms. The fraction of sp³-hybridized carbons (Fsp3) is 0.636. The highest BCUT2D eigenvalue weighted by molar-refractivity contribution is 5.67. The lowest BCUT2D eigenvalue weighted by Crippen LogP contribution is -2.06. The van der Waals surface area contributed by atoms with Crippen LogP contribution in [0.5, 0.6) is 5.75 Å². The van der Waals surface area contributed by atoms with Crippen LogP contribution in [0.25, 0.3) is 0 Å². The van der Waals surface area contributed by atoms with Gasteiger partial charge >= 0.3 is 11.9 Å². The molecule has 1 aromatic carbocycles. The number of aryl methyl sites for hydroxylation is 1. The van der Waals surface area contributed by atoms with Gasteiger partial charge in [0.1, 0.15) is 5.75 Å². The third-order valence-electron chi connectivity index (χ3n) is 4.52. The Labute approximate surface area is 167 Å². The van der Waals surface area contributed by atoms with Gasteiger partial charge in [-0.2, -0.15) is 0 Å². The van der Waals surface area contributed by atoms with Crippen molar-refractivity contribution in [2.75, 3.05) is 19.8 Å². The van der Waals surface area contributed by atoms with Crippen molar-refractivity contribution in [3.8, 4) is 5.75 Å². The first-order valence-corrected chi connectivity index (χ1v) is 10.2. The van der Waals surface area contributed by atoms with Crippen molar-refractivity contribution in [3.63, 3.8) is 0 Å². The van der Waals surface area contributed by atoms with E-state index >= 15 is 0 Å². The number of hydrogen-bond acceptors (Lipinski definition) is 5. The molecule has 1 rings (SSSR count). The van der Waals surface area contributed by atoms with E-state index in [4.69, 9.17) is 19.7 Å². The minimum absolute atomic E-state index is 0.0836. The number of aliphatic hydroxyl groups is 1. The van der Waals surface area contributed by atoms with Crippen LogP contribution in [0.4, 0.5) is 0 Å². The van der Waals surface area contributed by atoms with Gasteiger partial charge < -0.3 is 19.7 Å². The van der Waals surface area contributed by atoms with E-state index in [1.807, 2.05) is 12.1 Å². The van der Waals surface area contributed by atoms with E-state index in [0.717, 1.165) is 68.2 Å². The predicted molar refractivity (Wildman–Crippen MR) is 108 cm³/mol. The average Bonchev–Trinajstić information content (AvgIpc) is 2.65. The van der Waals surface area contributed by atoms with Crippen LogP contribution in [0.2, 0.25) is 0 Å². The normalized spacial score (nSPS) is 10.6. The molecule has 0 spiro atoms. The van der Waals surface area contributed by atoms with Crippen molar-refractivity contribution in [1.82, 2.24) is 0 Å². The van der Waals surface area contributed by atoms with E-state index in [2.05, 4.69) is 6.07 Å². The maximum Gasteiger partial charge on any atom is 0.303 e. The summed E-state index contributed by atoms with van der Waals surface area (Å²) in [6.07, 6.45) is 7.89. The van der Waals surface area contributed by atoms with Gasteiger partial charge in [-0.1, -0.05) is 25.0 Å². The van der Waals surface area contributed by atoms with Gasteiger partial charge in [-0.25, -0.2) is 0 Å². The molecule has 0 heterocycles. The Morgan fingerprint density at radius 3 is 2.36 bits per heavy atom. The lowest BCUT2D eigenvalue weighted by molar-refractivity contribution is -0.141. The largest absolute Gasteiger partial charge is 0.493 e. The minimum atomic E-state index is -0.811. The van der Waals surface area contributed by atoms with Crippen LogP contribution in [-0.2, 0) is 27.2 Å². The topological polar surface area (TPSA) is 93.1 Å². The van der Waals surface area contributed by atoms with Gasteiger partial charge in [-0.15, -0.1) is 0 Å². The molecule has 0 aliphatic rings. The monoisotopic (exact) mass is 394 g/mol. The Kier molecular flexibility index (Phi) is 12.8. The summed E-state index contributed by atoms with van der Waals surface area (Å²) in [5.41, 5.74) is 2.14. The second-order valence-electron chi connectivity index (χ2n) is 6.92. The fourth-order valence-corrected chi connectivity index (χ4v) is 3.06. The minimum Gasteiger partial charge on any atom is -0.493 e. The zero-order chi connectivity index (χ0) is 20.6. The van der Waals surface area contributed by atoms with Gasteiger partial charge in [0.25, 0.3) is 0 Å². The van der Waals surface area contributed by atoms with Crippen LogP contribution in [0.1, 0.15) is 69.4 Å². The Bertz CT molecular complexity index is 584. The number of unbranched alkanes of at least 4 members (excludes halogenated alkanes) is 5. The lowest BCUT2D eigenvalue weighted by atomic mass is 9.97. The van der Waals surface area contributed by atoms with E-state index in [0.29, 0.717) is 19.6 Å². The molecule has 2 N–H and O–H groups in total. The molecule has 0 saturated carbocycles. The molecule has 0 radical (unpaired) electrons. The van der Waals surface area contributed by atoms with E-state index in [1.165, 1.54) is 6.92 Å². The summed E-state index contributed by atoms with van der Waals surface area (Å²) in [5, 5.41) is 17.9. The first kappa shape index (κ1) is 24.0. The molecule has 158 valence electrons.